The van der Waals surface area contributed by atoms with Crippen LogP contribution in [0.5, 0.6) is 0 Å². The third-order valence-electron chi connectivity index (χ3n) is 7.00. The van der Waals surface area contributed by atoms with Gasteiger partial charge in [-0.15, -0.1) is 0 Å². The number of hydrogen-bond acceptors (Lipinski definition) is 5. The number of aryl methyl sites for hydroxylation is 1. The van der Waals surface area contributed by atoms with Crippen LogP contribution in [0, 0.1) is 11.6 Å². The zero-order chi connectivity index (χ0) is 25.3. The van der Waals surface area contributed by atoms with Crippen LogP contribution in [0.1, 0.15) is 40.7 Å². The molecule has 0 saturated carbocycles. The molecule has 2 aliphatic rings. The normalized spacial score (nSPS) is 17.4. The molecule has 5 rings (SSSR count). The minimum atomic E-state index is -1.13. The zero-order valence-electron chi connectivity index (χ0n) is 19.8. The first-order chi connectivity index (χ1) is 17.4. The first kappa shape index (κ1) is 24.3. The quantitative estimate of drug-likeness (QED) is 0.375. The Bertz CT molecular complexity index is 1350. The Morgan fingerprint density at radius 2 is 1.78 bits per heavy atom. The van der Waals surface area contributed by atoms with Gasteiger partial charge in [0.15, 0.2) is 11.6 Å². The van der Waals surface area contributed by atoms with Crippen LogP contribution in [0.2, 0.25) is 0 Å². The molecule has 9 heteroatoms. The van der Waals surface area contributed by atoms with E-state index in [1.54, 1.807) is 29.8 Å². The highest BCUT2D eigenvalue weighted by atomic mass is 19.2. The molecule has 1 fully saturated rings. The molecule has 188 valence electrons. The van der Waals surface area contributed by atoms with Crippen molar-refractivity contribution in [2.45, 2.75) is 31.6 Å². The van der Waals surface area contributed by atoms with Gasteiger partial charge in [0.2, 0.25) is 0 Å². The number of oxime groups is 1. The number of nitrogens with zero attached hydrogens (tertiary/aromatic N) is 3. The van der Waals surface area contributed by atoms with Crippen molar-refractivity contribution in [3.05, 3.63) is 105 Å². The average molecular weight is 498 g/mol. The molecule has 0 atom stereocenters. The largest absolute Gasteiger partial charge is 0.365 e. The fourth-order valence-electron chi connectivity index (χ4n) is 5.03. The zero-order valence-corrected chi connectivity index (χ0v) is 19.8. The van der Waals surface area contributed by atoms with Crippen LogP contribution in [-0.2, 0) is 35.4 Å². The monoisotopic (exact) mass is 497 g/mol. The smallest absolute Gasteiger partial charge is 0.255 e. The summed E-state index contributed by atoms with van der Waals surface area (Å²) >= 11 is 0. The number of alkyl halides is 1. The van der Waals surface area contributed by atoms with Gasteiger partial charge in [0.05, 0.1) is 12.2 Å². The van der Waals surface area contributed by atoms with Gasteiger partial charge in [0.1, 0.15) is 5.71 Å². The summed E-state index contributed by atoms with van der Waals surface area (Å²) in [6.07, 6.45) is 3.48. The second kappa shape index (κ2) is 9.91. The molecule has 1 spiro atoms. The van der Waals surface area contributed by atoms with Crippen molar-refractivity contribution < 1.29 is 22.7 Å². The predicted molar refractivity (Wildman–Crippen MR) is 128 cm³/mol. The first-order valence-corrected chi connectivity index (χ1v) is 11.8. The summed E-state index contributed by atoms with van der Waals surface area (Å²) in [6.45, 7) is 1.76. The van der Waals surface area contributed by atoms with Gasteiger partial charge in [0.25, 0.3) is 12.4 Å². The van der Waals surface area contributed by atoms with E-state index in [4.69, 9.17) is 4.74 Å². The highest BCUT2D eigenvalue weighted by molar-refractivity contribution is 6.12. The van der Waals surface area contributed by atoms with Gasteiger partial charge in [-0.3, -0.25) is 9.69 Å². The lowest BCUT2D eigenvalue weighted by atomic mass is 9.84. The molecular formula is C27H26F3N3O3. The van der Waals surface area contributed by atoms with E-state index in [1.165, 1.54) is 6.07 Å². The van der Waals surface area contributed by atoms with Gasteiger partial charge in [-0.25, -0.2) is 13.2 Å². The number of benzene rings is 2. The van der Waals surface area contributed by atoms with Crippen molar-refractivity contribution in [3.63, 3.8) is 0 Å². The second-order valence-corrected chi connectivity index (χ2v) is 9.22. The molecule has 2 aromatic carbocycles. The minimum Gasteiger partial charge on any atom is -0.365 e. The molecule has 0 bridgehead atoms. The van der Waals surface area contributed by atoms with Crippen molar-refractivity contribution in [3.8, 4) is 0 Å². The van der Waals surface area contributed by atoms with E-state index < -0.39 is 24.1 Å². The van der Waals surface area contributed by atoms with Crippen LogP contribution < -0.4 is 5.56 Å². The Kier molecular flexibility index (Phi) is 6.68. The van der Waals surface area contributed by atoms with Gasteiger partial charge in [0, 0.05) is 55.6 Å². The van der Waals surface area contributed by atoms with Crippen LogP contribution >= 0.6 is 0 Å². The van der Waals surface area contributed by atoms with Crippen LogP contribution in [0.15, 0.2) is 64.7 Å². The summed E-state index contributed by atoms with van der Waals surface area (Å²) in [6, 6.07) is 12.5. The summed E-state index contributed by atoms with van der Waals surface area (Å²) in [5.74, 6) is -1.99. The van der Waals surface area contributed by atoms with E-state index in [2.05, 4.69) is 14.9 Å². The molecule has 6 nitrogen and oxygen atoms in total. The van der Waals surface area contributed by atoms with Crippen LogP contribution in [0.3, 0.4) is 0 Å². The summed E-state index contributed by atoms with van der Waals surface area (Å²) < 4.78 is 47.5. The highest BCUT2D eigenvalue weighted by Gasteiger charge is 2.43. The lowest BCUT2D eigenvalue weighted by Gasteiger charge is -2.39. The summed E-state index contributed by atoms with van der Waals surface area (Å²) in [5, 5.41) is 3.77. The maximum atomic E-state index is 13.8. The van der Waals surface area contributed by atoms with E-state index >= 15 is 0 Å². The second-order valence-electron chi connectivity index (χ2n) is 9.22. The molecular weight excluding hydrogens is 471 g/mol. The molecule has 3 heterocycles. The third-order valence-corrected chi connectivity index (χ3v) is 7.00. The molecule has 2 aliphatic heterocycles. The number of hydrogen-bond donors (Lipinski definition) is 0. The molecule has 3 aromatic rings. The fraction of sp³-hybridized carbons (Fsp3) is 0.333. The highest BCUT2D eigenvalue weighted by Crippen LogP contribution is 2.43. The van der Waals surface area contributed by atoms with Crippen molar-refractivity contribution >= 4 is 5.71 Å². The fourth-order valence-corrected chi connectivity index (χ4v) is 5.03. The number of fused-ring (bicyclic) bond motifs is 2. The third kappa shape index (κ3) is 4.68. The van der Waals surface area contributed by atoms with Crippen LogP contribution in [-0.4, -0.2) is 35.1 Å². The van der Waals surface area contributed by atoms with Gasteiger partial charge < -0.3 is 14.1 Å². The summed E-state index contributed by atoms with van der Waals surface area (Å²) in [7, 11) is 1.75. The molecule has 0 radical (unpaired) electrons. The molecule has 0 N–H and O–H groups in total. The summed E-state index contributed by atoms with van der Waals surface area (Å²) in [4.78, 5) is 19.1. The number of rotatable bonds is 6. The number of halogens is 3. The number of ether oxygens (including phenoxy) is 1. The van der Waals surface area contributed by atoms with Crippen LogP contribution in [0.25, 0.3) is 0 Å². The molecule has 0 amide bonds. The van der Waals surface area contributed by atoms with E-state index in [-0.39, 0.29) is 16.8 Å². The van der Waals surface area contributed by atoms with E-state index in [0.29, 0.717) is 12.2 Å². The molecule has 1 saturated heterocycles. The molecule has 0 unspecified atom stereocenters. The topological polar surface area (TPSA) is 56.1 Å². The number of aromatic nitrogens is 1. The van der Waals surface area contributed by atoms with E-state index in [9.17, 15) is 18.0 Å². The predicted octanol–water partition coefficient (Wildman–Crippen LogP) is 4.38. The average Bonchev–Trinajstić information content (AvgIpc) is 3.20. The Balaban J connectivity index is 1.27. The van der Waals surface area contributed by atoms with Crippen molar-refractivity contribution in [2.75, 3.05) is 20.0 Å². The number of likely N-dealkylation sites (tertiary alicyclic amines) is 1. The van der Waals surface area contributed by atoms with E-state index in [0.717, 1.165) is 61.3 Å². The molecule has 1 aromatic heterocycles. The van der Waals surface area contributed by atoms with Gasteiger partial charge >= 0.3 is 0 Å². The maximum Gasteiger partial charge on any atom is 0.255 e. The molecule has 0 aliphatic carbocycles. The molecule has 36 heavy (non-hydrogen) atoms. The Hall–Kier alpha value is -3.43. The lowest BCUT2D eigenvalue weighted by Crippen LogP contribution is -2.42. The number of pyridine rings is 1. The van der Waals surface area contributed by atoms with E-state index in [1.807, 2.05) is 18.3 Å². The van der Waals surface area contributed by atoms with Crippen molar-refractivity contribution in [1.82, 2.24) is 9.47 Å². The lowest BCUT2D eigenvalue weighted by molar-refractivity contribution is -0.0799. The van der Waals surface area contributed by atoms with Crippen molar-refractivity contribution in [1.29, 1.82) is 0 Å². The van der Waals surface area contributed by atoms with Gasteiger partial charge in [-0.05, 0) is 42.2 Å². The van der Waals surface area contributed by atoms with Crippen LogP contribution in [0.4, 0.5) is 13.2 Å². The van der Waals surface area contributed by atoms with Crippen molar-refractivity contribution in [2.24, 2.45) is 12.2 Å². The standard InChI is InChI=1S/C27H26F3N3O3/c1-32-15-21-16-35-27(22(21)13-25(32)34)8-10-33(11-9-27)14-18-2-4-19(5-3-18)26(31-36-17-28)20-6-7-23(29)24(30)12-20/h2-7,12-13,15H,8-11,14,16-17H2,1H3/b31-26-. The Morgan fingerprint density at radius 1 is 1.06 bits per heavy atom. The minimum absolute atomic E-state index is 0.0238. The first-order valence-electron chi connectivity index (χ1n) is 11.8. The van der Waals surface area contributed by atoms with Gasteiger partial charge in [-0.2, -0.15) is 0 Å². The maximum absolute atomic E-state index is 13.8. The number of piperidine rings is 1. The Labute approximate surface area is 206 Å². The summed E-state index contributed by atoms with van der Waals surface area (Å²) in [5.41, 5.74) is 3.83. The van der Waals surface area contributed by atoms with Gasteiger partial charge in [-0.1, -0.05) is 29.4 Å². The SMILES string of the molecule is Cn1cc2c(cc1=O)C1(CCN(Cc3ccc(/C(=N/OCF)c4ccc(F)c(F)c4)cc3)CC1)OC2. The Morgan fingerprint density at radius 3 is 2.47 bits per heavy atom.